The van der Waals surface area contributed by atoms with Crippen molar-refractivity contribution in [2.75, 3.05) is 12.3 Å². The number of fused-ring (bicyclic) bond motifs is 1. The molecule has 0 aliphatic rings. The van der Waals surface area contributed by atoms with Crippen LogP contribution >= 0.6 is 23.2 Å². The number of nitrogen functional groups attached to an aromatic ring is 1. The van der Waals surface area contributed by atoms with Crippen molar-refractivity contribution < 1.29 is 9.90 Å². The van der Waals surface area contributed by atoms with Crippen molar-refractivity contribution in [3.8, 4) is 17.0 Å². The van der Waals surface area contributed by atoms with E-state index in [1.165, 1.54) is 12.1 Å². The number of hydrogen-bond acceptors (Lipinski definition) is 4. The number of aromatic hydroxyl groups is 1. The number of pyridine rings is 1. The smallest absolute Gasteiger partial charge is 0.253 e. The summed E-state index contributed by atoms with van der Waals surface area (Å²) in [7, 11) is 0. The number of aromatic amines is 1. The highest BCUT2D eigenvalue weighted by Crippen LogP contribution is 2.36. The minimum atomic E-state index is -0.605. The van der Waals surface area contributed by atoms with Gasteiger partial charge in [0.1, 0.15) is 0 Å². The van der Waals surface area contributed by atoms with Gasteiger partial charge in [0.25, 0.3) is 5.91 Å². The van der Waals surface area contributed by atoms with Crippen LogP contribution in [0.2, 0.25) is 10.0 Å². The maximum Gasteiger partial charge on any atom is 0.253 e. The highest BCUT2D eigenvalue weighted by Gasteiger charge is 2.19. The topological polar surface area (TPSA) is 108 Å². The third-order valence-electron chi connectivity index (χ3n) is 4.29. The molecule has 3 rings (SSSR count). The average molecular weight is 420 g/mol. The van der Waals surface area contributed by atoms with E-state index in [1.54, 1.807) is 18.2 Å². The number of rotatable bonds is 4. The molecule has 6 nitrogen and oxygen atoms in total. The number of amides is 1. The monoisotopic (exact) mass is 419 g/mol. The van der Waals surface area contributed by atoms with Gasteiger partial charge in [-0.15, -0.1) is 0 Å². The predicted molar refractivity (Wildman–Crippen MR) is 113 cm³/mol. The zero-order chi connectivity index (χ0) is 20.6. The minimum Gasteiger partial charge on any atom is -0.503 e. The molecule has 0 atom stereocenters. The fourth-order valence-electron chi connectivity index (χ4n) is 2.82. The van der Waals surface area contributed by atoms with E-state index in [9.17, 15) is 14.7 Å². The van der Waals surface area contributed by atoms with Gasteiger partial charge in [-0.25, -0.2) is 0 Å². The molecule has 0 saturated carbocycles. The number of hydrogen-bond donors (Lipinski definition) is 4. The van der Waals surface area contributed by atoms with Gasteiger partial charge in [0.15, 0.2) is 5.75 Å². The Balaban J connectivity index is 2.24. The summed E-state index contributed by atoms with van der Waals surface area (Å²) >= 11 is 12.2. The van der Waals surface area contributed by atoms with Crippen LogP contribution in [-0.4, -0.2) is 22.5 Å². The molecule has 1 amide bonds. The van der Waals surface area contributed by atoms with E-state index >= 15 is 0 Å². The van der Waals surface area contributed by atoms with Gasteiger partial charge in [0, 0.05) is 12.1 Å². The van der Waals surface area contributed by atoms with E-state index in [0.717, 1.165) is 0 Å². The van der Waals surface area contributed by atoms with Crippen LogP contribution in [0.1, 0.15) is 24.2 Å². The second kappa shape index (κ2) is 7.73. The van der Waals surface area contributed by atoms with Gasteiger partial charge in [0.05, 0.1) is 37.9 Å². The summed E-state index contributed by atoms with van der Waals surface area (Å²) in [6, 6.07) is 7.72. The van der Waals surface area contributed by atoms with Gasteiger partial charge >= 0.3 is 0 Å². The molecule has 2 aromatic carbocycles. The Morgan fingerprint density at radius 3 is 2.50 bits per heavy atom. The lowest BCUT2D eigenvalue weighted by atomic mass is 10.0. The molecule has 0 aliphatic carbocycles. The van der Waals surface area contributed by atoms with Crippen molar-refractivity contribution in [2.24, 2.45) is 5.92 Å². The average Bonchev–Trinajstić information content (AvgIpc) is 2.66. The second-order valence-electron chi connectivity index (χ2n) is 6.86. The molecular weight excluding hydrogens is 401 g/mol. The molecule has 3 aromatic rings. The van der Waals surface area contributed by atoms with Crippen molar-refractivity contribution >= 4 is 45.7 Å². The van der Waals surface area contributed by atoms with Gasteiger partial charge in [0.2, 0.25) is 5.43 Å². The fraction of sp³-hybridized carbons (Fsp3) is 0.200. The van der Waals surface area contributed by atoms with E-state index < -0.39 is 11.2 Å². The fourth-order valence-corrected chi connectivity index (χ4v) is 3.31. The first-order valence-corrected chi connectivity index (χ1v) is 9.37. The first-order chi connectivity index (χ1) is 13.2. The number of H-pyrrole nitrogens is 1. The standard InChI is InChI=1S/C20H19Cl2N3O3/c1-9(2)8-24-20(28)12-5-3-4-11-17(12)25-16(19(27)18(11)26)10-6-13(21)15(23)14(22)7-10/h3-7,9,27H,8,23H2,1-2H3,(H,24,28)(H,25,26). The Morgan fingerprint density at radius 2 is 1.89 bits per heavy atom. The second-order valence-corrected chi connectivity index (χ2v) is 7.68. The van der Waals surface area contributed by atoms with Gasteiger partial charge in [-0.1, -0.05) is 43.1 Å². The summed E-state index contributed by atoms with van der Waals surface area (Å²) in [6.45, 7) is 4.46. The number of benzene rings is 2. The molecule has 0 saturated heterocycles. The zero-order valence-corrected chi connectivity index (χ0v) is 16.8. The lowest BCUT2D eigenvalue weighted by Gasteiger charge is -2.13. The number of nitrogens with one attached hydrogen (secondary N) is 2. The highest BCUT2D eigenvalue weighted by molar-refractivity contribution is 6.39. The summed E-state index contributed by atoms with van der Waals surface area (Å²) < 4.78 is 0. The molecular formula is C20H19Cl2N3O3. The van der Waals surface area contributed by atoms with E-state index in [2.05, 4.69) is 10.3 Å². The zero-order valence-electron chi connectivity index (χ0n) is 15.3. The van der Waals surface area contributed by atoms with E-state index in [4.69, 9.17) is 28.9 Å². The number of aromatic nitrogens is 1. The van der Waals surface area contributed by atoms with Gasteiger partial charge in [-0.05, 0) is 30.2 Å². The predicted octanol–water partition coefficient (Wildman–Crippen LogP) is 4.18. The van der Waals surface area contributed by atoms with Crippen LogP contribution in [0.3, 0.4) is 0 Å². The van der Waals surface area contributed by atoms with Gasteiger partial charge in [-0.3, -0.25) is 9.59 Å². The van der Waals surface area contributed by atoms with Crippen LogP contribution < -0.4 is 16.5 Å². The SMILES string of the molecule is CC(C)CNC(=O)c1cccc2c(=O)c(O)c(-c3cc(Cl)c(N)c(Cl)c3)[nH]c12. The molecule has 0 fully saturated rings. The Morgan fingerprint density at radius 1 is 1.25 bits per heavy atom. The summed E-state index contributed by atoms with van der Waals surface area (Å²) in [5, 5.41) is 13.8. The van der Waals surface area contributed by atoms with Crippen molar-refractivity contribution in [1.82, 2.24) is 10.3 Å². The number of carbonyl (C=O) groups is 1. The quantitative estimate of drug-likeness (QED) is 0.475. The highest BCUT2D eigenvalue weighted by atomic mass is 35.5. The van der Waals surface area contributed by atoms with Crippen LogP contribution in [0.25, 0.3) is 22.2 Å². The van der Waals surface area contributed by atoms with Gasteiger partial charge < -0.3 is 21.1 Å². The number of carbonyl (C=O) groups excluding carboxylic acids is 1. The third-order valence-corrected chi connectivity index (χ3v) is 4.92. The van der Waals surface area contributed by atoms with Crippen LogP contribution in [-0.2, 0) is 0 Å². The normalized spacial score (nSPS) is 11.2. The van der Waals surface area contributed by atoms with Crippen molar-refractivity contribution in [3.63, 3.8) is 0 Å². The third kappa shape index (κ3) is 3.66. The van der Waals surface area contributed by atoms with Crippen LogP contribution in [0.15, 0.2) is 35.1 Å². The Labute approximate surface area is 171 Å². The summed E-state index contributed by atoms with van der Waals surface area (Å²) in [5.74, 6) is -0.541. The number of anilines is 1. The molecule has 0 unspecified atom stereocenters. The minimum absolute atomic E-state index is 0.102. The maximum atomic E-state index is 12.7. The lowest BCUT2D eigenvalue weighted by molar-refractivity contribution is 0.0950. The molecule has 0 spiro atoms. The molecule has 0 aliphatic heterocycles. The number of halogens is 2. The van der Waals surface area contributed by atoms with E-state index in [1.807, 2.05) is 13.8 Å². The molecule has 146 valence electrons. The van der Waals surface area contributed by atoms with E-state index in [0.29, 0.717) is 23.2 Å². The van der Waals surface area contributed by atoms with Crippen LogP contribution in [0, 0.1) is 5.92 Å². The first-order valence-electron chi connectivity index (χ1n) is 8.61. The van der Waals surface area contributed by atoms with Crippen molar-refractivity contribution in [1.29, 1.82) is 0 Å². The molecule has 28 heavy (non-hydrogen) atoms. The van der Waals surface area contributed by atoms with E-state index in [-0.39, 0.29) is 38.6 Å². The Kier molecular flexibility index (Phi) is 5.54. The number of para-hydroxylation sites is 1. The Hall–Kier alpha value is -2.70. The van der Waals surface area contributed by atoms with Crippen LogP contribution in [0.4, 0.5) is 5.69 Å². The molecule has 1 heterocycles. The largest absolute Gasteiger partial charge is 0.503 e. The van der Waals surface area contributed by atoms with Gasteiger partial charge in [-0.2, -0.15) is 0 Å². The number of nitrogens with two attached hydrogens (primary N) is 1. The summed E-state index contributed by atoms with van der Waals surface area (Å²) in [6.07, 6.45) is 0. The summed E-state index contributed by atoms with van der Waals surface area (Å²) in [4.78, 5) is 28.3. The van der Waals surface area contributed by atoms with Crippen LogP contribution in [0.5, 0.6) is 5.75 Å². The molecule has 8 heteroatoms. The molecule has 1 aromatic heterocycles. The maximum absolute atomic E-state index is 12.7. The molecule has 5 N–H and O–H groups in total. The Bertz CT molecular complexity index is 1120. The van der Waals surface area contributed by atoms with Crippen molar-refractivity contribution in [2.45, 2.75) is 13.8 Å². The molecule has 0 bridgehead atoms. The lowest BCUT2D eigenvalue weighted by Crippen LogP contribution is -2.27. The molecule has 0 radical (unpaired) electrons. The summed E-state index contributed by atoms with van der Waals surface area (Å²) in [5.41, 5.74) is 6.43. The first kappa shape index (κ1) is 20.0. The van der Waals surface area contributed by atoms with Crippen molar-refractivity contribution in [3.05, 3.63) is 56.2 Å².